The summed E-state index contributed by atoms with van der Waals surface area (Å²) in [6, 6.07) is 12.4. The summed E-state index contributed by atoms with van der Waals surface area (Å²) in [4.78, 5) is 57.7. The number of likely N-dealkylation sites (tertiary alicyclic amines) is 2. The zero-order chi connectivity index (χ0) is 36.9. The number of anilines is 2. The number of carbonyl (C=O) groups excluding carboxylic acids is 4. The molecule has 6 rings (SSSR count). The van der Waals surface area contributed by atoms with E-state index in [1.165, 1.54) is 12.1 Å². The average molecular weight is 714 g/mol. The van der Waals surface area contributed by atoms with Crippen LogP contribution in [0.5, 0.6) is 0 Å². The van der Waals surface area contributed by atoms with Crippen LogP contribution in [0.2, 0.25) is 0 Å². The molecule has 2 aromatic carbocycles. The summed E-state index contributed by atoms with van der Waals surface area (Å²) >= 11 is 0. The molecule has 0 spiro atoms. The van der Waals surface area contributed by atoms with Crippen LogP contribution in [0.4, 0.5) is 15.8 Å². The number of rotatable bonds is 11. The van der Waals surface area contributed by atoms with Crippen molar-refractivity contribution in [3.63, 3.8) is 0 Å². The minimum absolute atomic E-state index is 0.0255. The van der Waals surface area contributed by atoms with Crippen LogP contribution >= 0.6 is 0 Å². The monoisotopic (exact) mass is 713 g/mol. The van der Waals surface area contributed by atoms with Gasteiger partial charge in [-0.1, -0.05) is 38.1 Å². The molecule has 0 bridgehead atoms. The second-order valence-electron chi connectivity index (χ2n) is 14.5. The highest BCUT2D eigenvalue weighted by Crippen LogP contribution is 2.44. The third kappa shape index (κ3) is 7.92. The molecule has 4 amide bonds. The number of amides is 4. The van der Waals surface area contributed by atoms with Crippen LogP contribution in [-0.2, 0) is 19.2 Å². The molecular weight excluding hydrogens is 661 g/mol. The second-order valence-corrected chi connectivity index (χ2v) is 14.5. The zero-order valence-corrected chi connectivity index (χ0v) is 30.2. The van der Waals surface area contributed by atoms with Crippen molar-refractivity contribution in [3.8, 4) is 0 Å². The smallest absolute Gasteiger partial charge is 0.247 e. The fourth-order valence-electron chi connectivity index (χ4n) is 8.21. The van der Waals surface area contributed by atoms with Gasteiger partial charge < -0.3 is 36.8 Å². The summed E-state index contributed by atoms with van der Waals surface area (Å²) in [6.45, 7) is 4.80. The van der Waals surface area contributed by atoms with Gasteiger partial charge in [0.1, 0.15) is 17.9 Å². The Labute approximate surface area is 305 Å². The molecule has 0 saturated carbocycles. The number of carbonyl (C=O) groups is 4. The molecule has 0 radical (unpaired) electrons. The van der Waals surface area contributed by atoms with Crippen LogP contribution in [0.25, 0.3) is 0 Å². The topological polar surface area (TPSA) is 154 Å². The predicted molar refractivity (Wildman–Crippen MR) is 199 cm³/mol. The van der Waals surface area contributed by atoms with Crippen LogP contribution in [0, 0.1) is 11.7 Å². The molecule has 0 aromatic heterocycles. The Morgan fingerprint density at radius 3 is 1.90 bits per heavy atom. The number of hydrogen-bond acceptors (Lipinski definition) is 7. The first-order chi connectivity index (χ1) is 25.1. The van der Waals surface area contributed by atoms with Gasteiger partial charge in [0.15, 0.2) is 0 Å². The quantitative estimate of drug-likeness (QED) is 0.267. The molecular formula is C40H52FN7O4. The van der Waals surface area contributed by atoms with Crippen molar-refractivity contribution in [1.29, 1.82) is 0 Å². The largest absolute Gasteiger partial charge is 0.361 e. The lowest BCUT2D eigenvalue weighted by molar-refractivity contribution is -0.139. The molecule has 2 aromatic rings. The zero-order valence-electron chi connectivity index (χ0n) is 30.2. The van der Waals surface area contributed by atoms with E-state index in [1.54, 1.807) is 9.80 Å². The molecule has 1 unspecified atom stereocenters. The average Bonchev–Trinajstić information content (AvgIpc) is 3.95. The van der Waals surface area contributed by atoms with Gasteiger partial charge in [-0.2, -0.15) is 0 Å². The molecule has 52 heavy (non-hydrogen) atoms. The summed E-state index contributed by atoms with van der Waals surface area (Å²) in [7, 11) is 0. The maximum Gasteiger partial charge on any atom is 0.247 e. The van der Waals surface area contributed by atoms with Crippen LogP contribution in [0.3, 0.4) is 0 Å². The van der Waals surface area contributed by atoms with Gasteiger partial charge in [-0.05, 0) is 106 Å². The van der Waals surface area contributed by atoms with Crippen molar-refractivity contribution in [2.24, 2.45) is 17.4 Å². The molecule has 3 saturated heterocycles. The van der Waals surface area contributed by atoms with Crippen LogP contribution in [-0.4, -0.2) is 76.7 Å². The van der Waals surface area contributed by atoms with E-state index in [1.807, 2.05) is 62.4 Å². The lowest BCUT2D eigenvalue weighted by Gasteiger charge is -2.37. The SMILES string of the molecule is CC[C@H](N)C(=O)N1CCC[C@H]1C(=O)NC1=CCC([C@H]2CC[C@H](c3ccc(NC(=O)[C@@H]4CCCN4C(=O)[C@@H](N)CC)cc3)N2c2ccc(F)cc2)C=C1. The van der Waals surface area contributed by atoms with Crippen molar-refractivity contribution in [3.05, 3.63) is 83.8 Å². The van der Waals surface area contributed by atoms with Gasteiger partial charge in [0, 0.05) is 42.1 Å². The van der Waals surface area contributed by atoms with E-state index in [0.29, 0.717) is 50.9 Å². The van der Waals surface area contributed by atoms with Crippen molar-refractivity contribution in [2.75, 3.05) is 23.3 Å². The van der Waals surface area contributed by atoms with Crippen LogP contribution in [0.1, 0.15) is 83.2 Å². The van der Waals surface area contributed by atoms with E-state index in [4.69, 9.17) is 11.5 Å². The molecule has 3 aliphatic heterocycles. The Bertz CT molecular complexity index is 1680. The van der Waals surface area contributed by atoms with Crippen LogP contribution in [0.15, 0.2) is 72.5 Å². The fraction of sp³-hybridized carbons (Fsp3) is 0.500. The van der Waals surface area contributed by atoms with Gasteiger partial charge in [-0.3, -0.25) is 19.2 Å². The first-order valence-electron chi connectivity index (χ1n) is 18.9. The maximum atomic E-state index is 14.1. The Balaban J connectivity index is 1.12. The lowest BCUT2D eigenvalue weighted by atomic mass is 9.90. The van der Waals surface area contributed by atoms with E-state index in [2.05, 4.69) is 21.6 Å². The van der Waals surface area contributed by atoms with E-state index in [-0.39, 0.29) is 47.4 Å². The minimum Gasteiger partial charge on any atom is -0.361 e. The number of allylic oxidation sites excluding steroid dienone is 2. The number of hydrogen-bond donors (Lipinski definition) is 4. The normalized spacial score (nSPS) is 25.5. The van der Waals surface area contributed by atoms with Gasteiger partial charge >= 0.3 is 0 Å². The molecule has 1 aliphatic carbocycles. The van der Waals surface area contributed by atoms with E-state index < -0.39 is 24.2 Å². The van der Waals surface area contributed by atoms with Gasteiger partial charge in [-0.15, -0.1) is 0 Å². The number of halogens is 1. The number of nitrogens with two attached hydrogens (primary N) is 2. The standard InChI is InChI=1S/C40H52FN7O4/c1-3-31(42)39(51)46-23-5-7-35(46)37(49)44-28-15-9-25(10-16-28)33-21-22-34(48(33)30-19-13-27(41)14-20-30)26-11-17-29(18-12-26)45-38(50)36-8-6-24-47(36)40(52)32(43)4-2/h9-11,13-20,26,31-36H,3-8,12,21-24,42-43H2,1-2H3,(H,44,49)(H,45,50)/t26?,31-,32-,33+,34+,35-,36-/m0/s1. The Hall–Kier alpha value is -4.55. The van der Waals surface area contributed by atoms with Gasteiger partial charge in [0.05, 0.1) is 18.1 Å². The minimum atomic E-state index is -0.605. The molecule has 278 valence electrons. The highest BCUT2D eigenvalue weighted by Gasteiger charge is 2.40. The summed E-state index contributed by atoms with van der Waals surface area (Å²) < 4.78 is 14.1. The molecule has 12 heteroatoms. The number of nitrogens with zero attached hydrogens (tertiary/aromatic N) is 3. The molecule has 3 heterocycles. The molecule has 4 aliphatic rings. The van der Waals surface area contributed by atoms with Gasteiger partial charge in [0.2, 0.25) is 23.6 Å². The van der Waals surface area contributed by atoms with Crippen molar-refractivity contribution in [2.45, 2.75) is 108 Å². The number of benzene rings is 2. The predicted octanol–water partition coefficient (Wildman–Crippen LogP) is 4.51. The highest BCUT2D eigenvalue weighted by molar-refractivity contribution is 5.98. The van der Waals surface area contributed by atoms with E-state index >= 15 is 0 Å². The molecule has 11 nitrogen and oxygen atoms in total. The Morgan fingerprint density at radius 2 is 1.37 bits per heavy atom. The van der Waals surface area contributed by atoms with E-state index in [0.717, 1.165) is 42.6 Å². The third-order valence-corrected chi connectivity index (χ3v) is 11.2. The Morgan fingerprint density at radius 1 is 0.788 bits per heavy atom. The third-order valence-electron chi connectivity index (χ3n) is 11.2. The maximum absolute atomic E-state index is 14.1. The van der Waals surface area contributed by atoms with E-state index in [9.17, 15) is 23.6 Å². The Kier molecular flexibility index (Phi) is 11.7. The summed E-state index contributed by atoms with van der Waals surface area (Å²) in [5.41, 5.74) is 15.4. The first kappa shape index (κ1) is 37.2. The van der Waals surface area contributed by atoms with Gasteiger partial charge in [-0.25, -0.2) is 4.39 Å². The van der Waals surface area contributed by atoms with Crippen molar-refractivity contribution in [1.82, 2.24) is 15.1 Å². The van der Waals surface area contributed by atoms with Crippen molar-refractivity contribution < 1.29 is 23.6 Å². The number of nitrogens with one attached hydrogen (secondary N) is 2. The van der Waals surface area contributed by atoms with Crippen molar-refractivity contribution >= 4 is 35.0 Å². The van der Waals surface area contributed by atoms with Gasteiger partial charge in [0.25, 0.3) is 0 Å². The summed E-state index contributed by atoms with van der Waals surface area (Å²) in [5.74, 6) is -0.899. The summed E-state index contributed by atoms with van der Waals surface area (Å²) in [6.07, 6.45) is 12.5. The molecule has 6 N–H and O–H groups in total. The fourth-order valence-corrected chi connectivity index (χ4v) is 8.21. The van der Waals surface area contributed by atoms with Crippen LogP contribution < -0.4 is 27.0 Å². The second kappa shape index (κ2) is 16.4. The first-order valence-corrected chi connectivity index (χ1v) is 18.9. The summed E-state index contributed by atoms with van der Waals surface area (Å²) in [5, 5.41) is 6.04. The lowest BCUT2D eigenvalue weighted by Crippen LogP contribution is -2.50. The molecule has 7 atom stereocenters. The molecule has 3 fully saturated rings. The highest BCUT2D eigenvalue weighted by atomic mass is 19.1.